The molecule has 120 valence electrons. The van der Waals surface area contributed by atoms with Gasteiger partial charge in [0.15, 0.2) is 0 Å². The second-order valence-corrected chi connectivity index (χ2v) is 6.24. The summed E-state index contributed by atoms with van der Waals surface area (Å²) < 4.78 is 15.5. The number of ether oxygens (including phenoxy) is 3. The SMILES string of the molecule is COC(=O)CN=C[C@@H]1COC(C)(C)N1C(=O)OC(C)(C)C. The number of carbonyl (C=O) groups excluding carboxylic acids is 2. The van der Waals surface area contributed by atoms with Gasteiger partial charge in [-0.15, -0.1) is 0 Å². The molecule has 1 heterocycles. The first-order valence-corrected chi connectivity index (χ1v) is 6.80. The van der Waals surface area contributed by atoms with Crippen LogP contribution in [0.4, 0.5) is 4.79 Å². The fourth-order valence-corrected chi connectivity index (χ4v) is 1.92. The third-order valence-electron chi connectivity index (χ3n) is 2.83. The summed E-state index contributed by atoms with van der Waals surface area (Å²) in [6, 6.07) is -0.375. The van der Waals surface area contributed by atoms with Gasteiger partial charge >= 0.3 is 12.1 Å². The summed E-state index contributed by atoms with van der Waals surface area (Å²) in [7, 11) is 1.30. The smallest absolute Gasteiger partial charge is 0.413 e. The zero-order chi connectivity index (χ0) is 16.3. The number of hydrogen-bond donors (Lipinski definition) is 0. The molecule has 0 saturated carbocycles. The highest BCUT2D eigenvalue weighted by atomic mass is 16.6. The second kappa shape index (κ2) is 6.43. The summed E-state index contributed by atoms with van der Waals surface area (Å²) in [6.45, 7) is 9.18. The standard InChI is InChI=1S/C14H24N2O5/c1-13(2,3)21-12(18)16-10(9-20-14(16,4)5)7-15-8-11(17)19-6/h7,10H,8-9H2,1-6H3/t10-/m1/s1. The summed E-state index contributed by atoms with van der Waals surface area (Å²) >= 11 is 0. The maximum absolute atomic E-state index is 12.3. The van der Waals surface area contributed by atoms with Crippen LogP contribution in [0.1, 0.15) is 34.6 Å². The van der Waals surface area contributed by atoms with Crippen LogP contribution in [0, 0.1) is 0 Å². The monoisotopic (exact) mass is 300 g/mol. The van der Waals surface area contributed by atoms with Crippen molar-refractivity contribution in [1.29, 1.82) is 0 Å². The number of aliphatic imine (C=N–C) groups is 1. The summed E-state index contributed by atoms with van der Waals surface area (Å²) in [5.74, 6) is -0.437. The zero-order valence-corrected chi connectivity index (χ0v) is 13.5. The molecule has 7 heteroatoms. The number of methoxy groups -OCH3 is 1. The number of carbonyl (C=O) groups is 2. The highest BCUT2D eigenvalue weighted by Crippen LogP contribution is 2.28. The topological polar surface area (TPSA) is 77.4 Å². The molecule has 1 aliphatic heterocycles. The van der Waals surface area contributed by atoms with Crippen molar-refractivity contribution < 1.29 is 23.8 Å². The number of hydrogen-bond acceptors (Lipinski definition) is 6. The molecular weight excluding hydrogens is 276 g/mol. The molecule has 0 aliphatic carbocycles. The third kappa shape index (κ3) is 5.00. The van der Waals surface area contributed by atoms with Gasteiger partial charge in [0.2, 0.25) is 0 Å². The first kappa shape index (κ1) is 17.4. The van der Waals surface area contributed by atoms with Gasteiger partial charge in [-0.1, -0.05) is 0 Å². The number of nitrogens with zero attached hydrogens (tertiary/aromatic N) is 2. The minimum Gasteiger partial charge on any atom is -0.468 e. The van der Waals surface area contributed by atoms with E-state index in [9.17, 15) is 9.59 Å². The molecule has 1 aliphatic rings. The Morgan fingerprint density at radius 2 is 2.05 bits per heavy atom. The Morgan fingerprint density at radius 1 is 1.43 bits per heavy atom. The van der Waals surface area contributed by atoms with E-state index in [1.54, 1.807) is 34.6 Å². The van der Waals surface area contributed by atoms with Crippen molar-refractivity contribution in [3.63, 3.8) is 0 Å². The van der Waals surface area contributed by atoms with E-state index in [-0.39, 0.29) is 12.6 Å². The van der Waals surface area contributed by atoms with E-state index in [4.69, 9.17) is 9.47 Å². The third-order valence-corrected chi connectivity index (χ3v) is 2.83. The van der Waals surface area contributed by atoms with E-state index in [2.05, 4.69) is 9.73 Å². The van der Waals surface area contributed by atoms with E-state index in [1.807, 2.05) is 0 Å². The lowest BCUT2D eigenvalue weighted by Gasteiger charge is -2.34. The molecule has 0 radical (unpaired) electrons. The first-order valence-electron chi connectivity index (χ1n) is 6.80. The highest BCUT2D eigenvalue weighted by Gasteiger charge is 2.45. The van der Waals surface area contributed by atoms with Crippen molar-refractivity contribution in [3.05, 3.63) is 0 Å². The average Bonchev–Trinajstić information content (AvgIpc) is 2.62. The van der Waals surface area contributed by atoms with Crippen molar-refractivity contribution in [3.8, 4) is 0 Å². The number of rotatable bonds is 3. The molecule has 21 heavy (non-hydrogen) atoms. The van der Waals surface area contributed by atoms with Gasteiger partial charge < -0.3 is 14.2 Å². The van der Waals surface area contributed by atoms with Gasteiger partial charge in [-0.25, -0.2) is 4.79 Å². The van der Waals surface area contributed by atoms with Crippen LogP contribution < -0.4 is 0 Å². The summed E-state index contributed by atoms with van der Waals surface area (Å²) in [5, 5.41) is 0. The largest absolute Gasteiger partial charge is 0.468 e. The zero-order valence-electron chi connectivity index (χ0n) is 13.5. The van der Waals surface area contributed by atoms with Gasteiger partial charge in [0.1, 0.15) is 17.9 Å². The molecule has 0 bridgehead atoms. The minimum absolute atomic E-state index is 0.0877. The van der Waals surface area contributed by atoms with Gasteiger partial charge in [0.05, 0.1) is 19.8 Å². The molecule has 0 aromatic rings. The Labute approximate surface area is 125 Å². The lowest BCUT2D eigenvalue weighted by molar-refractivity contribution is -0.138. The van der Waals surface area contributed by atoms with Crippen molar-refractivity contribution in [2.75, 3.05) is 20.3 Å². The predicted molar refractivity (Wildman–Crippen MR) is 77.3 cm³/mol. The van der Waals surface area contributed by atoms with Crippen LogP contribution in [-0.4, -0.2) is 60.8 Å². The normalized spacial score (nSPS) is 21.6. The lowest BCUT2D eigenvalue weighted by Crippen LogP contribution is -2.50. The second-order valence-electron chi connectivity index (χ2n) is 6.24. The Morgan fingerprint density at radius 3 is 2.57 bits per heavy atom. The first-order chi connectivity index (χ1) is 9.57. The fourth-order valence-electron chi connectivity index (χ4n) is 1.92. The van der Waals surface area contributed by atoms with Gasteiger partial charge in [0.25, 0.3) is 0 Å². The highest BCUT2D eigenvalue weighted by molar-refractivity contribution is 5.79. The lowest BCUT2D eigenvalue weighted by atomic mass is 10.2. The molecule has 1 saturated heterocycles. The van der Waals surface area contributed by atoms with E-state index >= 15 is 0 Å². The molecule has 1 rings (SSSR count). The molecular formula is C14H24N2O5. The Bertz CT molecular complexity index is 426. The van der Waals surface area contributed by atoms with Crippen LogP contribution >= 0.6 is 0 Å². The minimum atomic E-state index is -0.787. The summed E-state index contributed by atoms with van der Waals surface area (Å²) in [6.07, 6.45) is 1.05. The van der Waals surface area contributed by atoms with Crippen LogP contribution in [-0.2, 0) is 19.0 Å². The number of amides is 1. The van der Waals surface area contributed by atoms with E-state index in [0.29, 0.717) is 6.61 Å². The number of esters is 1. The summed E-state index contributed by atoms with van der Waals surface area (Å²) in [4.78, 5) is 28.8. The van der Waals surface area contributed by atoms with Gasteiger partial charge in [-0.05, 0) is 34.6 Å². The Kier molecular flexibility index (Phi) is 5.33. The quantitative estimate of drug-likeness (QED) is 0.584. The average molecular weight is 300 g/mol. The van der Waals surface area contributed by atoms with Crippen LogP contribution in [0.5, 0.6) is 0 Å². The molecule has 0 N–H and O–H groups in total. The van der Waals surface area contributed by atoms with Crippen LogP contribution in [0.15, 0.2) is 4.99 Å². The van der Waals surface area contributed by atoms with Crippen LogP contribution in [0.2, 0.25) is 0 Å². The molecule has 1 atom stereocenters. The van der Waals surface area contributed by atoms with Crippen LogP contribution in [0.25, 0.3) is 0 Å². The van der Waals surface area contributed by atoms with E-state index in [0.717, 1.165) is 0 Å². The molecule has 1 fully saturated rings. The van der Waals surface area contributed by atoms with E-state index in [1.165, 1.54) is 18.2 Å². The van der Waals surface area contributed by atoms with E-state index < -0.39 is 23.4 Å². The molecule has 0 aromatic heterocycles. The predicted octanol–water partition coefficient (Wildman–Crippen LogP) is 1.60. The summed E-state index contributed by atoms with van der Waals surface area (Å²) in [5.41, 5.74) is -1.38. The fraction of sp³-hybridized carbons (Fsp3) is 0.786. The van der Waals surface area contributed by atoms with Gasteiger partial charge in [0, 0.05) is 6.21 Å². The Balaban J connectivity index is 2.79. The van der Waals surface area contributed by atoms with Crippen molar-refractivity contribution in [1.82, 2.24) is 4.90 Å². The molecule has 7 nitrogen and oxygen atoms in total. The molecule has 0 spiro atoms. The molecule has 0 unspecified atom stereocenters. The van der Waals surface area contributed by atoms with Gasteiger partial charge in [-0.3, -0.25) is 14.7 Å². The molecule has 1 amide bonds. The maximum Gasteiger partial charge on any atom is 0.413 e. The van der Waals surface area contributed by atoms with Crippen LogP contribution in [0.3, 0.4) is 0 Å². The Hall–Kier alpha value is -1.63. The van der Waals surface area contributed by atoms with Crippen molar-refractivity contribution in [2.45, 2.75) is 52.0 Å². The van der Waals surface area contributed by atoms with Crippen molar-refractivity contribution >= 4 is 18.3 Å². The van der Waals surface area contributed by atoms with Gasteiger partial charge in [-0.2, -0.15) is 0 Å². The maximum atomic E-state index is 12.3. The van der Waals surface area contributed by atoms with Crippen molar-refractivity contribution in [2.24, 2.45) is 4.99 Å². The molecule has 0 aromatic carbocycles.